The summed E-state index contributed by atoms with van der Waals surface area (Å²) in [6.45, 7) is 0. The number of nitrogens with zero attached hydrogens (tertiary/aromatic N) is 2. The summed E-state index contributed by atoms with van der Waals surface area (Å²) in [6, 6.07) is 15.8. The van der Waals surface area contributed by atoms with Gasteiger partial charge in [-0.15, -0.1) is 0 Å². The molecule has 8 nitrogen and oxygen atoms in total. The van der Waals surface area contributed by atoms with Crippen molar-refractivity contribution < 1.29 is 29.2 Å². The summed E-state index contributed by atoms with van der Waals surface area (Å²) in [4.78, 5) is 0. The summed E-state index contributed by atoms with van der Waals surface area (Å²) < 4.78 is 22.6. The number of phenolic OH excluding ortho intramolecular Hbond substituents is 2. The molecular formula is C25H24N2O6. The summed E-state index contributed by atoms with van der Waals surface area (Å²) in [6.07, 6.45) is -0.0470. The van der Waals surface area contributed by atoms with Gasteiger partial charge < -0.3 is 29.2 Å². The van der Waals surface area contributed by atoms with Gasteiger partial charge in [-0.2, -0.15) is 5.10 Å². The largest absolute Gasteiger partial charge is 0.507 e. The van der Waals surface area contributed by atoms with Crippen LogP contribution in [0.3, 0.4) is 0 Å². The molecule has 170 valence electrons. The Balaban J connectivity index is 1.64. The van der Waals surface area contributed by atoms with E-state index in [1.54, 1.807) is 50.6 Å². The lowest BCUT2D eigenvalue weighted by Gasteiger charge is -2.38. The third-order valence-corrected chi connectivity index (χ3v) is 6.00. The molecular weight excluding hydrogens is 424 g/mol. The van der Waals surface area contributed by atoms with Crippen LogP contribution in [0.4, 0.5) is 0 Å². The Kier molecular flexibility index (Phi) is 5.12. The van der Waals surface area contributed by atoms with Crippen LogP contribution in [-0.2, 0) is 0 Å². The molecule has 2 heterocycles. The fourth-order valence-electron chi connectivity index (χ4n) is 4.35. The second-order valence-electron chi connectivity index (χ2n) is 7.81. The zero-order chi connectivity index (χ0) is 23.1. The third-order valence-electron chi connectivity index (χ3n) is 6.00. The first kappa shape index (κ1) is 20.8. The van der Waals surface area contributed by atoms with Gasteiger partial charge in [0.1, 0.15) is 11.5 Å². The van der Waals surface area contributed by atoms with Crippen molar-refractivity contribution in [3.05, 3.63) is 71.3 Å². The smallest absolute Gasteiger partial charge is 0.214 e. The SMILES string of the molecule is COc1ccc(O)c(C2=NN3[C@H](C2)c2cccc(OC)c2O[C@H]3c2ccc(O)c(OC)c2)c1. The number of para-hydroxylation sites is 1. The van der Waals surface area contributed by atoms with Crippen LogP contribution >= 0.6 is 0 Å². The molecule has 0 aliphatic carbocycles. The van der Waals surface area contributed by atoms with Crippen LogP contribution in [0, 0.1) is 0 Å². The van der Waals surface area contributed by atoms with Crippen LogP contribution in [0.5, 0.6) is 34.5 Å². The Bertz CT molecular complexity index is 1240. The summed E-state index contributed by atoms with van der Waals surface area (Å²) in [5, 5.41) is 27.3. The van der Waals surface area contributed by atoms with Crippen molar-refractivity contribution in [2.45, 2.75) is 18.7 Å². The highest BCUT2D eigenvalue weighted by molar-refractivity contribution is 6.04. The number of hydrogen-bond acceptors (Lipinski definition) is 8. The number of phenols is 2. The minimum atomic E-state index is -0.599. The van der Waals surface area contributed by atoms with Gasteiger partial charge >= 0.3 is 0 Å². The molecule has 3 aromatic carbocycles. The second-order valence-corrected chi connectivity index (χ2v) is 7.81. The van der Waals surface area contributed by atoms with E-state index < -0.39 is 6.23 Å². The van der Waals surface area contributed by atoms with Crippen LogP contribution in [0.25, 0.3) is 0 Å². The molecule has 2 N–H and O–H groups in total. The highest BCUT2D eigenvalue weighted by atomic mass is 16.5. The summed E-state index contributed by atoms with van der Waals surface area (Å²) >= 11 is 0. The molecule has 0 spiro atoms. The first-order valence-corrected chi connectivity index (χ1v) is 10.5. The maximum atomic E-state index is 10.5. The molecule has 3 aromatic rings. The number of fused-ring (bicyclic) bond motifs is 3. The highest BCUT2D eigenvalue weighted by Crippen LogP contribution is 2.51. The van der Waals surface area contributed by atoms with Crippen molar-refractivity contribution in [3.8, 4) is 34.5 Å². The van der Waals surface area contributed by atoms with Crippen LogP contribution in [0.15, 0.2) is 59.7 Å². The van der Waals surface area contributed by atoms with Gasteiger partial charge in [-0.1, -0.05) is 12.1 Å². The molecule has 0 bridgehead atoms. The van der Waals surface area contributed by atoms with Crippen molar-refractivity contribution in [1.82, 2.24) is 5.01 Å². The van der Waals surface area contributed by atoms with E-state index in [2.05, 4.69) is 0 Å². The van der Waals surface area contributed by atoms with Crippen LogP contribution in [-0.4, -0.2) is 42.3 Å². The lowest BCUT2D eigenvalue weighted by atomic mass is 9.95. The van der Waals surface area contributed by atoms with Crippen molar-refractivity contribution >= 4 is 5.71 Å². The maximum absolute atomic E-state index is 10.5. The first-order valence-electron chi connectivity index (χ1n) is 10.5. The van der Waals surface area contributed by atoms with Gasteiger partial charge in [-0.3, -0.25) is 0 Å². The van der Waals surface area contributed by atoms with E-state index in [9.17, 15) is 10.2 Å². The molecule has 2 atom stereocenters. The Morgan fingerprint density at radius 2 is 1.70 bits per heavy atom. The number of methoxy groups -OCH3 is 3. The third kappa shape index (κ3) is 3.44. The topological polar surface area (TPSA) is 93.0 Å². The van der Waals surface area contributed by atoms with E-state index in [-0.39, 0.29) is 17.5 Å². The van der Waals surface area contributed by atoms with Gasteiger partial charge in [0.05, 0.1) is 33.1 Å². The monoisotopic (exact) mass is 448 g/mol. The van der Waals surface area contributed by atoms with Crippen molar-refractivity contribution in [2.24, 2.45) is 5.10 Å². The van der Waals surface area contributed by atoms with Gasteiger partial charge in [0, 0.05) is 23.1 Å². The molecule has 0 saturated heterocycles. The molecule has 0 saturated carbocycles. The summed E-state index contributed by atoms with van der Waals surface area (Å²) in [5.41, 5.74) is 3.02. The average molecular weight is 448 g/mol. The first-order chi connectivity index (χ1) is 16.0. The molecule has 0 amide bonds. The van der Waals surface area contributed by atoms with E-state index in [1.807, 2.05) is 23.2 Å². The highest BCUT2D eigenvalue weighted by Gasteiger charge is 2.42. The van der Waals surface area contributed by atoms with E-state index in [0.717, 1.165) is 11.1 Å². The normalized spacial score (nSPS) is 18.6. The van der Waals surface area contributed by atoms with Gasteiger partial charge in [-0.05, 0) is 42.5 Å². The number of hydrogen-bond donors (Lipinski definition) is 2. The Morgan fingerprint density at radius 1 is 0.909 bits per heavy atom. The van der Waals surface area contributed by atoms with Gasteiger partial charge in [0.25, 0.3) is 0 Å². The molecule has 2 aliphatic rings. The number of ether oxygens (including phenoxy) is 4. The van der Waals surface area contributed by atoms with Crippen LogP contribution in [0.1, 0.15) is 35.4 Å². The standard InChI is InChI=1S/C25H24N2O6/c1-30-15-8-10-20(28)17(12-15)18-13-19-16-5-4-6-22(31-2)24(16)33-25(27(19)26-18)14-7-9-21(29)23(11-14)32-3/h4-12,19,25,28-29H,13H2,1-3H3/t19-,25+/m1/s1. The quantitative estimate of drug-likeness (QED) is 0.599. The van der Waals surface area contributed by atoms with Gasteiger partial charge in [0.2, 0.25) is 6.23 Å². The van der Waals surface area contributed by atoms with Crippen molar-refractivity contribution in [3.63, 3.8) is 0 Å². The minimum absolute atomic E-state index is 0.0403. The lowest BCUT2D eigenvalue weighted by molar-refractivity contribution is -0.0210. The van der Waals surface area contributed by atoms with Gasteiger partial charge in [0.15, 0.2) is 23.0 Å². The molecule has 0 aromatic heterocycles. The number of benzene rings is 3. The second kappa shape index (κ2) is 8.12. The Hall–Kier alpha value is -4.07. The number of hydrazone groups is 1. The van der Waals surface area contributed by atoms with E-state index >= 15 is 0 Å². The Labute approximate surface area is 191 Å². The number of aromatic hydroxyl groups is 2. The Morgan fingerprint density at radius 3 is 2.45 bits per heavy atom. The molecule has 0 radical (unpaired) electrons. The summed E-state index contributed by atoms with van der Waals surface area (Å²) in [5.74, 6) is 2.41. The molecule has 5 rings (SSSR count). The fraction of sp³-hybridized carbons (Fsp3) is 0.240. The zero-order valence-electron chi connectivity index (χ0n) is 18.5. The van der Waals surface area contributed by atoms with Gasteiger partial charge in [-0.25, -0.2) is 5.01 Å². The molecule has 0 fully saturated rings. The van der Waals surface area contributed by atoms with Crippen molar-refractivity contribution in [1.29, 1.82) is 0 Å². The summed E-state index contributed by atoms with van der Waals surface area (Å²) in [7, 11) is 4.69. The maximum Gasteiger partial charge on any atom is 0.214 e. The molecule has 2 aliphatic heterocycles. The van der Waals surface area contributed by atoms with E-state index in [4.69, 9.17) is 24.0 Å². The van der Waals surface area contributed by atoms with Crippen molar-refractivity contribution in [2.75, 3.05) is 21.3 Å². The van der Waals surface area contributed by atoms with Crippen LogP contribution < -0.4 is 18.9 Å². The van der Waals surface area contributed by atoms with E-state index in [0.29, 0.717) is 40.7 Å². The minimum Gasteiger partial charge on any atom is -0.507 e. The molecule has 8 heteroatoms. The molecule has 0 unspecified atom stereocenters. The van der Waals surface area contributed by atoms with E-state index in [1.165, 1.54) is 7.11 Å². The zero-order valence-corrected chi connectivity index (χ0v) is 18.5. The fourth-order valence-corrected chi connectivity index (χ4v) is 4.35. The predicted octanol–water partition coefficient (Wildman–Crippen LogP) is 4.37. The van der Waals surface area contributed by atoms with Crippen LogP contribution in [0.2, 0.25) is 0 Å². The predicted molar refractivity (Wildman–Crippen MR) is 121 cm³/mol. The molecule has 33 heavy (non-hydrogen) atoms. The lowest BCUT2D eigenvalue weighted by Crippen LogP contribution is -2.33. The average Bonchev–Trinajstić information content (AvgIpc) is 3.29. The number of rotatable bonds is 5.